The Balaban J connectivity index is 1.46. The lowest BCUT2D eigenvalue weighted by Gasteiger charge is -2.33. The van der Waals surface area contributed by atoms with Crippen molar-refractivity contribution in [3.05, 3.63) is 52.9 Å². The summed E-state index contributed by atoms with van der Waals surface area (Å²) in [6, 6.07) is 8.75. The molecule has 1 aliphatic heterocycles. The predicted molar refractivity (Wildman–Crippen MR) is 142 cm³/mol. The van der Waals surface area contributed by atoms with Gasteiger partial charge in [-0.05, 0) is 42.5 Å². The molecule has 3 aromatic rings. The third kappa shape index (κ3) is 6.12. The molecule has 1 unspecified atom stereocenters. The molecule has 1 aromatic carbocycles. The second kappa shape index (κ2) is 12.2. The van der Waals surface area contributed by atoms with Gasteiger partial charge in [0.05, 0.1) is 28.2 Å². The standard InChI is InChI=1S/C27H34N4O6S/c1-15(2)24(22-12-23(30-37-22)36-10-9-32)27(35)31-13-20(33)11-21(31)26(34)29-16(3)18-5-7-19(8-6-18)25-17(4)28-14-38-25/h5-9,12,14-16,20-21,24,26,29,33-34H,10-11,13H2,1-4H3/t16-,20+,21-,24+,26?/m0/s1. The fourth-order valence-electron chi connectivity index (χ4n) is 4.88. The minimum absolute atomic E-state index is 0.103. The largest absolute Gasteiger partial charge is 0.468 e. The Morgan fingerprint density at radius 1 is 1.32 bits per heavy atom. The summed E-state index contributed by atoms with van der Waals surface area (Å²) in [5.74, 6) is -0.708. The molecule has 1 amide bonds. The fourth-order valence-corrected chi connectivity index (χ4v) is 5.69. The number of aromatic nitrogens is 2. The number of aryl methyl sites for hydroxylation is 1. The average Bonchev–Trinajstić information content (AvgIpc) is 3.62. The Kier molecular flexibility index (Phi) is 8.93. The Morgan fingerprint density at radius 2 is 2.05 bits per heavy atom. The van der Waals surface area contributed by atoms with Crippen LogP contribution in [0.25, 0.3) is 10.4 Å². The number of hydrogen-bond donors (Lipinski definition) is 3. The molecule has 0 radical (unpaired) electrons. The van der Waals surface area contributed by atoms with E-state index < -0.39 is 24.3 Å². The van der Waals surface area contributed by atoms with Crippen molar-refractivity contribution < 1.29 is 29.1 Å². The van der Waals surface area contributed by atoms with E-state index in [1.54, 1.807) is 11.3 Å². The molecule has 38 heavy (non-hydrogen) atoms. The van der Waals surface area contributed by atoms with E-state index in [9.17, 15) is 19.8 Å². The first-order chi connectivity index (χ1) is 18.2. The van der Waals surface area contributed by atoms with Gasteiger partial charge in [-0.15, -0.1) is 11.3 Å². The summed E-state index contributed by atoms with van der Waals surface area (Å²) < 4.78 is 10.5. The lowest BCUT2D eigenvalue weighted by atomic mass is 9.91. The van der Waals surface area contributed by atoms with Gasteiger partial charge in [0.25, 0.3) is 5.88 Å². The minimum atomic E-state index is -1.07. The van der Waals surface area contributed by atoms with Gasteiger partial charge in [-0.25, -0.2) is 4.98 Å². The number of aldehydes is 1. The van der Waals surface area contributed by atoms with E-state index in [0.717, 1.165) is 21.7 Å². The van der Waals surface area contributed by atoms with Gasteiger partial charge in [0.15, 0.2) is 12.0 Å². The molecule has 11 heteroatoms. The van der Waals surface area contributed by atoms with E-state index in [1.165, 1.54) is 11.0 Å². The van der Waals surface area contributed by atoms with Gasteiger partial charge in [-0.3, -0.25) is 14.9 Å². The number of hydrogen-bond acceptors (Lipinski definition) is 10. The van der Waals surface area contributed by atoms with Gasteiger partial charge >= 0.3 is 0 Å². The van der Waals surface area contributed by atoms with Crippen LogP contribution in [0, 0.1) is 12.8 Å². The number of nitrogens with zero attached hydrogens (tertiary/aromatic N) is 3. The summed E-state index contributed by atoms with van der Waals surface area (Å²) in [6.07, 6.45) is -0.984. The second-order valence-corrected chi connectivity index (χ2v) is 10.8. The number of thiazole rings is 1. The minimum Gasteiger partial charge on any atom is -0.468 e. The van der Waals surface area contributed by atoms with E-state index in [1.807, 2.05) is 57.5 Å². The first-order valence-corrected chi connectivity index (χ1v) is 13.5. The Morgan fingerprint density at radius 3 is 2.68 bits per heavy atom. The van der Waals surface area contributed by atoms with Crippen molar-refractivity contribution in [3.8, 4) is 16.3 Å². The van der Waals surface area contributed by atoms with Crippen molar-refractivity contribution >= 4 is 23.5 Å². The average molecular weight is 543 g/mol. The maximum atomic E-state index is 13.7. The Bertz CT molecular complexity index is 1230. The number of aliphatic hydroxyl groups excluding tert-OH is 2. The molecule has 5 atom stereocenters. The molecule has 4 rings (SSSR count). The Hall–Kier alpha value is -3.12. The number of aliphatic hydroxyl groups is 2. The van der Waals surface area contributed by atoms with Crippen LogP contribution in [-0.2, 0) is 9.59 Å². The van der Waals surface area contributed by atoms with Crippen LogP contribution in [-0.4, -0.2) is 69.0 Å². The molecule has 0 saturated carbocycles. The molecule has 10 nitrogen and oxygen atoms in total. The number of β-amino-alcohol motifs (C(OH)–C–C–N with tert-alkyl or cyclic N) is 1. The molecule has 1 aliphatic rings. The molecular formula is C27H34N4O6S. The van der Waals surface area contributed by atoms with Crippen LogP contribution in [0.5, 0.6) is 5.88 Å². The zero-order valence-electron chi connectivity index (χ0n) is 21.9. The third-order valence-electron chi connectivity index (χ3n) is 6.85. The number of nitrogens with one attached hydrogen (secondary N) is 1. The van der Waals surface area contributed by atoms with Crippen molar-refractivity contribution in [3.63, 3.8) is 0 Å². The van der Waals surface area contributed by atoms with E-state index in [4.69, 9.17) is 9.26 Å². The number of rotatable bonds is 11. The lowest BCUT2D eigenvalue weighted by molar-refractivity contribution is -0.138. The maximum Gasteiger partial charge on any atom is 0.254 e. The molecule has 1 fully saturated rings. The number of ether oxygens (including phenoxy) is 1. The number of amides is 1. The third-order valence-corrected chi connectivity index (χ3v) is 7.83. The summed E-state index contributed by atoms with van der Waals surface area (Å²) in [5.41, 5.74) is 4.89. The summed E-state index contributed by atoms with van der Waals surface area (Å²) in [5, 5.41) is 28.6. The first-order valence-electron chi connectivity index (χ1n) is 12.7. The van der Waals surface area contributed by atoms with Gasteiger partial charge in [0, 0.05) is 18.7 Å². The summed E-state index contributed by atoms with van der Waals surface area (Å²) in [6.45, 7) is 7.62. The van der Waals surface area contributed by atoms with E-state index in [0.29, 0.717) is 12.0 Å². The zero-order chi connectivity index (χ0) is 27.4. The fraction of sp³-hybridized carbons (Fsp3) is 0.481. The van der Waals surface area contributed by atoms with Crippen LogP contribution in [0.3, 0.4) is 0 Å². The number of carbonyl (C=O) groups excluding carboxylic acids is 2. The molecule has 2 aromatic heterocycles. The van der Waals surface area contributed by atoms with E-state index >= 15 is 0 Å². The summed E-state index contributed by atoms with van der Waals surface area (Å²) in [7, 11) is 0. The van der Waals surface area contributed by atoms with Gasteiger partial charge < -0.3 is 24.4 Å². The van der Waals surface area contributed by atoms with Crippen molar-refractivity contribution in [2.24, 2.45) is 5.92 Å². The zero-order valence-corrected chi connectivity index (χ0v) is 22.7. The quantitative estimate of drug-likeness (QED) is 0.246. The smallest absolute Gasteiger partial charge is 0.254 e. The molecule has 204 valence electrons. The van der Waals surface area contributed by atoms with Crippen molar-refractivity contribution in [1.82, 2.24) is 20.4 Å². The molecule has 0 spiro atoms. The number of carbonyl (C=O) groups is 2. The van der Waals surface area contributed by atoms with E-state index in [-0.39, 0.29) is 43.3 Å². The highest BCUT2D eigenvalue weighted by molar-refractivity contribution is 7.13. The van der Waals surface area contributed by atoms with Crippen LogP contribution in [0.2, 0.25) is 0 Å². The first kappa shape index (κ1) is 27.9. The highest BCUT2D eigenvalue weighted by Crippen LogP contribution is 2.33. The second-order valence-electron chi connectivity index (χ2n) is 9.94. The highest BCUT2D eigenvalue weighted by atomic mass is 32.1. The lowest BCUT2D eigenvalue weighted by Crippen LogP contribution is -2.51. The van der Waals surface area contributed by atoms with Crippen LogP contribution in [0.4, 0.5) is 0 Å². The van der Waals surface area contributed by atoms with Crippen molar-refractivity contribution in [2.45, 2.75) is 64.4 Å². The molecule has 3 heterocycles. The number of benzene rings is 1. The Labute approximate surface area is 225 Å². The maximum absolute atomic E-state index is 13.7. The predicted octanol–water partition coefficient (Wildman–Crippen LogP) is 3.05. The molecule has 1 saturated heterocycles. The topological polar surface area (TPSA) is 138 Å². The monoisotopic (exact) mass is 542 g/mol. The molecule has 0 aliphatic carbocycles. The van der Waals surface area contributed by atoms with Crippen LogP contribution in [0.15, 0.2) is 40.4 Å². The van der Waals surface area contributed by atoms with Crippen molar-refractivity contribution in [1.29, 1.82) is 0 Å². The summed E-state index contributed by atoms with van der Waals surface area (Å²) in [4.78, 5) is 31.2. The SMILES string of the molecule is Cc1ncsc1-c1ccc([C@H](C)NC(O)[C@@H]2C[C@@H](O)CN2C(=O)[C@@H](c2cc(OCC=O)no2)C(C)C)cc1. The highest BCUT2D eigenvalue weighted by Gasteiger charge is 2.43. The van der Waals surface area contributed by atoms with E-state index in [2.05, 4.69) is 15.5 Å². The van der Waals surface area contributed by atoms with Gasteiger partial charge in [-0.2, -0.15) is 0 Å². The normalized spacial score (nSPS) is 19.9. The van der Waals surface area contributed by atoms with Crippen LogP contribution in [0.1, 0.15) is 56.2 Å². The van der Waals surface area contributed by atoms with Crippen molar-refractivity contribution in [2.75, 3.05) is 13.2 Å². The van der Waals surface area contributed by atoms with Gasteiger partial charge in [0.1, 0.15) is 18.8 Å². The molecular weight excluding hydrogens is 508 g/mol. The molecule has 3 N–H and O–H groups in total. The summed E-state index contributed by atoms with van der Waals surface area (Å²) >= 11 is 1.60. The number of likely N-dealkylation sites (tertiary alicyclic amines) is 1. The van der Waals surface area contributed by atoms with Gasteiger partial charge in [0.2, 0.25) is 5.91 Å². The molecule has 0 bridgehead atoms. The van der Waals surface area contributed by atoms with Gasteiger partial charge in [-0.1, -0.05) is 38.1 Å². The van der Waals surface area contributed by atoms with Crippen LogP contribution >= 0.6 is 11.3 Å². The van der Waals surface area contributed by atoms with Crippen LogP contribution < -0.4 is 10.1 Å².